The van der Waals surface area contributed by atoms with Crippen LogP contribution < -0.4 is 19.7 Å². The lowest BCUT2D eigenvalue weighted by atomic mass is 9.81. The summed E-state index contributed by atoms with van der Waals surface area (Å²) in [4.78, 5) is 27.2. The first-order valence-corrected chi connectivity index (χ1v) is 14.2. The molecule has 1 aliphatic heterocycles. The molecule has 0 bridgehead atoms. The number of carbonyl (C=O) groups is 2. The number of rotatable bonds is 13. The van der Waals surface area contributed by atoms with Gasteiger partial charge in [0.25, 0.3) is 0 Å². The van der Waals surface area contributed by atoms with Crippen LogP contribution in [0.5, 0.6) is 11.5 Å². The molecule has 8 heteroatoms. The number of hydrogen-bond donors (Lipinski definition) is 1. The molecule has 1 unspecified atom stereocenters. The quantitative estimate of drug-likeness (QED) is 0.192. The van der Waals surface area contributed by atoms with Gasteiger partial charge in [-0.15, -0.1) is 0 Å². The molecule has 0 saturated carbocycles. The van der Waals surface area contributed by atoms with Gasteiger partial charge in [-0.05, 0) is 86.2 Å². The monoisotopic (exact) mass is 562 g/mol. The number of halogens is 1. The average Bonchev–Trinajstić information content (AvgIpc) is 3.32. The van der Waals surface area contributed by atoms with E-state index in [2.05, 4.69) is 12.2 Å². The topological polar surface area (TPSA) is 77.1 Å². The number of esters is 1. The van der Waals surface area contributed by atoms with Crippen molar-refractivity contribution < 1.29 is 28.2 Å². The van der Waals surface area contributed by atoms with E-state index >= 15 is 0 Å². The maximum absolute atomic E-state index is 13.6. The molecule has 1 heterocycles. The smallest absolute Gasteiger partial charge is 0.339 e. The Kier molecular flexibility index (Phi) is 10.00. The highest BCUT2D eigenvalue weighted by Crippen LogP contribution is 2.42. The van der Waals surface area contributed by atoms with Crippen molar-refractivity contribution >= 4 is 17.6 Å². The van der Waals surface area contributed by atoms with Crippen LogP contribution in [0.3, 0.4) is 0 Å². The van der Waals surface area contributed by atoms with Crippen molar-refractivity contribution in [2.45, 2.75) is 46.6 Å². The molecule has 1 aliphatic rings. The van der Waals surface area contributed by atoms with Crippen molar-refractivity contribution in [1.29, 1.82) is 0 Å². The number of para-hydroxylation sites is 1. The number of methoxy groups -OCH3 is 1. The Morgan fingerprint density at radius 2 is 1.66 bits per heavy atom. The third-order valence-electron chi connectivity index (χ3n) is 7.69. The Morgan fingerprint density at radius 1 is 1.00 bits per heavy atom. The zero-order valence-electron chi connectivity index (χ0n) is 24.3. The second-order valence-corrected chi connectivity index (χ2v) is 10.3. The van der Waals surface area contributed by atoms with Gasteiger partial charge in [-0.3, -0.25) is 4.79 Å². The normalized spacial score (nSPS) is 16.6. The number of amides is 1. The van der Waals surface area contributed by atoms with Gasteiger partial charge in [0.05, 0.1) is 37.1 Å². The fourth-order valence-electron chi connectivity index (χ4n) is 5.46. The summed E-state index contributed by atoms with van der Waals surface area (Å²) in [5, 5.41) is 3.54. The summed E-state index contributed by atoms with van der Waals surface area (Å²) in [7, 11) is 1.35. The number of anilines is 1. The molecule has 3 aromatic rings. The minimum absolute atomic E-state index is 0.0160. The first-order valence-electron chi connectivity index (χ1n) is 14.2. The molecule has 7 nitrogen and oxygen atoms in total. The zero-order chi connectivity index (χ0) is 29.4. The van der Waals surface area contributed by atoms with E-state index in [4.69, 9.17) is 14.2 Å². The molecule has 1 saturated heterocycles. The van der Waals surface area contributed by atoms with Crippen molar-refractivity contribution in [3.63, 3.8) is 0 Å². The molecule has 41 heavy (non-hydrogen) atoms. The summed E-state index contributed by atoms with van der Waals surface area (Å²) >= 11 is 0. The number of nitrogens with zero attached hydrogens (tertiary/aromatic N) is 1. The Hall–Kier alpha value is -3.91. The van der Waals surface area contributed by atoms with Crippen LogP contribution in [0, 0.1) is 11.2 Å². The van der Waals surface area contributed by atoms with Gasteiger partial charge in [0.1, 0.15) is 17.3 Å². The highest BCUT2D eigenvalue weighted by molar-refractivity contribution is 6.04. The highest BCUT2D eigenvalue weighted by Gasteiger charge is 2.42. The Morgan fingerprint density at radius 3 is 2.27 bits per heavy atom. The van der Waals surface area contributed by atoms with Crippen LogP contribution in [0.4, 0.5) is 10.1 Å². The standard InChI is InChI=1S/C33H39FN2O5/c1-5-33(20-30(37)36(22-33)27-11-9-8-10-26(27)32(38)39-4)16-17-35-21-23-18-28(40-6-2)31(29(19-23)41-7-3)24-12-14-25(34)15-13-24/h8-15,18-19,35H,5-7,16-17,20-22H2,1-4H3. The average molecular weight is 563 g/mol. The largest absolute Gasteiger partial charge is 0.493 e. The van der Waals surface area contributed by atoms with Gasteiger partial charge in [-0.1, -0.05) is 31.2 Å². The van der Waals surface area contributed by atoms with Crippen LogP contribution in [-0.4, -0.2) is 45.3 Å². The van der Waals surface area contributed by atoms with Gasteiger partial charge >= 0.3 is 5.97 Å². The third-order valence-corrected chi connectivity index (χ3v) is 7.69. The predicted octanol–water partition coefficient (Wildman–Crippen LogP) is 6.39. The van der Waals surface area contributed by atoms with Crippen molar-refractivity contribution in [2.24, 2.45) is 5.41 Å². The number of nitrogens with one attached hydrogen (secondary N) is 1. The van der Waals surface area contributed by atoms with Gasteiger partial charge in [0, 0.05) is 19.5 Å². The maximum Gasteiger partial charge on any atom is 0.339 e. The predicted molar refractivity (Wildman–Crippen MR) is 158 cm³/mol. The maximum atomic E-state index is 13.6. The van der Waals surface area contributed by atoms with Gasteiger partial charge < -0.3 is 24.4 Å². The third kappa shape index (κ3) is 6.88. The van der Waals surface area contributed by atoms with E-state index in [-0.39, 0.29) is 17.1 Å². The molecule has 0 aromatic heterocycles. The lowest BCUT2D eigenvalue weighted by molar-refractivity contribution is -0.117. The number of hydrogen-bond acceptors (Lipinski definition) is 6. The van der Waals surface area contributed by atoms with E-state index < -0.39 is 5.97 Å². The van der Waals surface area contributed by atoms with Crippen LogP contribution in [0.2, 0.25) is 0 Å². The van der Waals surface area contributed by atoms with Crippen LogP contribution in [0.1, 0.15) is 56.0 Å². The molecule has 1 fully saturated rings. The van der Waals surface area contributed by atoms with Gasteiger partial charge in [-0.25, -0.2) is 9.18 Å². The summed E-state index contributed by atoms with van der Waals surface area (Å²) in [6.45, 7) is 8.79. The molecule has 0 aliphatic carbocycles. The molecular weight excluding hydrogens is 523 g/mol. The van der Waals surface area contributed by atoms with E-state index in [0.29, 0.717) is 62.0 Å². The van der Waals surface area contributed by atoms with Crippen molar-refractivity contribution in [3.8, 4) is 22.6 Å². The van der Waals surface area contributed by atoms with Crippen LogP contribution in [0.25, 0.3) is 11.1 Å². The highest BCUT2D eigenvalue weighted by atomic mass is 19.1. The molecule has 4 rings (SSSR count). The zero-order valence-corrected chi connectivity index (χ0v) is 24.3. The fourth-order valence-corrected chi connectivity index (χ4v) is 5.46. The summed E-state index contributed by atoms with van der Waals surface area (Å²) in [6, 6.07) is 17.4. The number of ether oxygens (including phenoxy) is 3. The molecule has 0 spiro atoms. The van der Waals surface area contributed by atoms with E-state index in [1.165, 1.54) is 19.2 Å². The fraction of sp³-hybridized carbons (Fsp3) is 0.394. The molecular formula is C33H39FN2O5. The molecule has 3 aromatic carbocycles. The second-order valence-electron chi connectivity index (χ2n) is 10.3. The van der Waals surface area contributed by atoms with Crippen LogP contribution in [-0.2, 0) is 16.1 Å². The van der Waals surface area contributed by atoms with Gasteiger partial charge in [0.2, 0.25) is 5.91 Å². The molecule has 1 N–H and O–H groups in total. The van der Waals surface area contributed by atoms with Crippen LogP contribution >= 0.6 is 0 Å². The second kappa shape index (κ2) is 13.6. The summed E-state index contributed by atoms with van der Waals surface area (Å²) in [5.41, 5.74) is 3.43. The minimum Gasteiger partial charge on any atom is -0.493 e. The Balaban J connectivity index is 1.47. The van der Waals surface area contributed by atoms with Crippen molar-refractivity contribution in [3.05, 3.63) is 77.6 Å². The molecule has 1 amide bonds. The van der Waals surface area contributed by atoms with Crippen LogP contribution in [0.15, 0.2) is 60.7 Å². The number of benzene rings is 3. The molecule has 1 atom stereocenters. The lowest BCUT2D eigenvalue weighted by Gasteiger charge is -2.28. The SMILES string of the molecule is CCOc1cc(CNCCC2(CC)CC(=O)N(c3ccccc3C(=O)OC)C2)cc(OCC)c1-c1ccc(F)cc1. The van der Waals surface area contributed by atoms with E-state index in [1.807, 2.05) is 32.0 Å². The van der Waals surface area contributed by atoms with Crippen molar-refractivity contribution in [1.82, 2.24) is 5.32 Å². The summed E-state index contributed by atoms with van der Waals surface area (Å²) < 4.78 is 30.5. The van der Waals surface area contributed by atoms with E-state index in [1.54, 1.807) is 35.2 Å². The molecule has 218 valence electrons. The number of carbonyl (C=O) groups excluding carboxylic acids is 2. The minimum atomic E-state index is -0.452. The molecule has 0 radical (unpaired) electrons. The van der Waals surface area contributed by atoms with Gasteiger partial charge in [0.15, 0.2) is 0 Å². The van der Waals surface area contributed by atoms with E-state index in [0.717, 1.165) is 29.5 Å². The summed E-state index contributed by atoms with van der Waals surface area (Å²) in [5.74, 6) is 0.645. The Bertz CT molecular complexity index is 1330. The van der Waals surface area contributed by atoms with E-state index in [9.17, 15) is 14.0 Å². The lowest BCUT2D eigenvalue weighted by Crippen LogP contribution is -2.31. The summed E-state index contributed by atoms with van der Waals surface area (Å²) in [6.07, 6.45) is 2.07. The first-order chi connectivity index (χ1) is 19.8. The Labute approximate surface area is 241 Å². The first kappa shape index (κ1) is 30.1. The van der Waals surface area contributed by atoms with Crippen molar-refractivity contribution in [2.75, 3.05) is 38.3 Å². The van der Waals surface area contributed by atoms with Gasteiger partial charge in [-0.2, -0.15) is 0 Å².